The molecule has 1 N–H and O–H groups in total. The minimum absolute atomic E-state index is 0.0985. The molecule has 1 saturated carbocycles. The van der Waals surface area contributed by atoms with Gasteiger partial charge in [0.1, 0.15) is 5.58 Å². The van der Waals surface area contributed by atoms with Gasteiger partial charge in [-0.2, -0.15) is 0 Å². The molecule has 1 fully saturated rings. The van der Waals surface area contributed by atoms with Crippen LogP contribution in [0.4, 0.5) is 5.69 Å². The predicted molar refractivity (Wildman–Crippen MR) is 77.7 cm³/mol. The van der Waals surface area contributed by atoms with Crippen molar-refractivity contribution in [2.75, 3.05) is 5.32 Å². The predicted octanol–water partition coefficient (Wildman–Crippen LogP) is 3.31. The van der Waals surface area contributed by atoms with Crippen molar-refractivity contribution in [1.29, 1.82) is 0 Å². The Bertz CT molecular complexity index is 683. The van der Waals surface area contributed by atoms with Crippen LogP contribution in [0.1, 0.15) is 32.1 Å². The summed E-state index contributed by atoms with van der Waals surface area (Å²) in [5, 5.41) is 3.77. The van der Waals surface area contributed by atoms with Crippen molar-refractivity contribution in [3.05, 3.63) is 40.8 Å². The van der Waals surface area contributed by atoms with Crippen LogP contribution in [-0.2, 0) is 4.79 Å². The SMILES string of the molecule is O=C(Nc1ccc2oc(=O)ccc2c1)C1CCCCC1. The van der Waals surface area contributed by atoms with Crippen molar-refractivity contribution in [1.82, 2.24) is 0 Å². The van der Waals surface area contributed by atoms with Gasteiger partial charge in [-0.15, -0.1) is 0 Å². The van der Waals surface area contributed by atoms with Crippen molar-refractivity contribution in [3.63, 3.8) is 0 Å². The molecular weight excluding hydrogens is 254 g/mol. The molecule has 1 aliphatic carbocycles. The van der Waals surface area contributed by atoms with Gasteiger partial charge < -0.3 is 9.73 Å². The maximum Gasteiger partial charge on any atom is 0.336 e. The van der Waals surface area contributed by atoms with Crippen molar-refractivity contribution < 1.29 is 9.21 Å². The number of nitrogens with one attached hydrogen (secondary N) is 1. The molecule has 2 aromatic rings. The van der Waals surface area contributed by atoms with Gasteiger partial charge in [0.2, 0.25) is 5.91 Å². The summed E-state index contributed by atoms with van der Waals surface area (Å²) in [6, 6.07) is 8.41. The van der Waals surface area contributed by atoms with E-state index in [1.807, 2.05) is 6.07 Å². The molecule has 1 heterocycles. The summed E-state index contributed by atoms with van der Waals surface area (Å²) in [6.45, 7) is 0. The highest BCUT2D eigenvalue weighted by Crippen LogP contribution is 2.25. The molecule has 4 heteroatoms. The first-order valence-corrected chi connectivity index (χ1v) is 7.07. The number of carbonyl (C=O) groups is 1. The molecule has 0 radical (unpaired) electrons. The number of benzene rings is 1. The van der Waals surface area contributed by atoms with Crippen molar-refractivity contribution >= 4 is 22.6 Å². The molecule has 1 aromatic heterocycles. The Morgan fingerprint density at radius 3 is 2.70 bits per heavy atom. The normalized spacial score (nSPS) is 16.2. The Hall–Kier alpha value is -2.10. The van der Waals surface area contributed by atoms with E-state index in [9.17, 15) is 9.59 Å². The van der Waals surface area contributed by atoms with Gasteiger partial charge in [0.05, 0.1) is 0 Å². The molecule has 1 aromatic carbocycles. The highest BCUT2D eigenvalue weighted by Gasteiger charge is 2.21. The zero-order valence-corrected chi connectivity index (χ0v) is 11.2. The van der Waals surface area contributed by atoms with E-state index in [2.05, 4.69) is 5.32 Å². The first-order chi connectivity index (χ1) is 9.72. The van der Waals surface area contributed by atoms with Crippen LogP contribution in [0.3, 0.4) is 0 Å². The first-order valence-electron chi connectivity index (χ1n) is 7.07. The van der Waals surface area contributed by atoms with Crippen LogP contribution in [-0.4, -0.2) is 5.91 Å². The fourth-order valence-electron chi connectivity index (χ4n) is 2.76. The van der Waals surface area contributed by atoms with E-state index >= 15 is 0 Å². The summed E-state index contributed by atoms with van der Waals surface area (Å²) in [6.07, 6.45) is 5.48. The number of rotatable bonds is 2. The van der Waals surface area contributed by atoms with Crippen LogP contribution in [0.5, 0.6) is 0 Å². The molecule has 1 aliphatic rings. The minimum Gasteiger partial charge on any atom is -0.423 e. The lowest BCUT2D eigenvalue weighted by Crippen LogP contribution is -2.24. The molecule has 104 valence electrons. The van der Waals surface area contributed by atoms with Gasteiger partial charge in [0.25, 0.3) is 0 Å². The number of amides is 1. The molecule has 20 heavy (non-hydrogen) atoms. The Morgan fingerprint density at radius 1 is 1.10 bits per heavy atom. The molecule has 0 bridgehead atoms. The molecular formula is C16H17NO3. The number of hydrogen-bond acceptors (Lipinski definition) is 3. The number of carbonyl (C=O) groups excluding carboxylic acids is 1. The van der Waals surface area contributed by atoms with Crippen molar-refractivity contribution in [2.24, 2.45) is 5.92 Å². The Balaban J connectivity index is 1.78. The van der Waals surface area contributed by atoms with Gasteiger partial charge in [-0.3, -0.25) is 4.79 Å². The lowest BCUT2D eigenvalue weighted by atomic mass is 9.88. The standard InChI is InChI=1S/C16H17NO3/c18-15-9-6-12-10-13(7-8-14(12)20-15)17-16(19)11-4-2-1-3-5-11/h6-11H,1-5H2,(H,17,19). The van der Waals surface area contributed by atoms with Gasteiger partial charge in [-0.05, 0) is 37.1 Å². The minimum atomic E-state index is -0.364. The molecule has 3 rings (SSSR count). The average molecular weight is 271 g/mol. The van der Waals surface area contributed by atoms with Gasteiger partial charge in [0, 0.05) is 23.1 Å². The number of hydrogen-bond donors (Lipinski definition) is 1. The molecule has 0 saturated heterocycles. The Kier molecular flexibility index (Phi) is 3.54. The van der Waals surface area contributed by atoms with Gasteiger partial charge in [0.15, 0.2) is 0 Å². The largest absolute Gasteiger partial charge is 0.423 e. The Morgan fingerprint density at radius 2 is 1.90 bits per heavy atom. The summed E-state index contributed by atoms with van der Waals surface area (Å²) >= 11 is 0. The summed E-state index contributed by atoms with van der Waals surface area (Å²) in [7, 11) is 0. The van der Waals surface area contributed by atoms with Crippen LogP contribution in [0.25, 0.3) is 11.0 Å². The van der Waals surface area contributed by atoms with Crippen LogP contribution in [0.15, 0.2) is 39.5 Å². The third-order valence-electron chi connectivity index (χ3n) is 3.86. The number of anilines is 1. The zero-order valence-electron chi connectivity index (χ0n) is 11.2. The van der Waals surface area contributed by atoms with Gasteiger partial charge in [-0.1, -0.05) is 19.3 Å². The molecule has 1 amide bonds. The van der Waals surface area contributed by atoms with E-state index in [4.69, 9.17) is 4.42 Å². The second-order valence-corrected chi connectivity index (χ2v) is 5.33. The van der Waals surface area contributed by atoms with Crippen molar-refractivity contribution in [2.45, 2.75) is 32.1 Å². The van der Waals surface area contributed by atoms with E-state index in [0.717, 1.165) is 36.8 Å². The maximum absolute atomic E-state index is 12.2. The van der Waals surface area contributed by atoms with Crippen molar-refractivity contribution in [3.8, 4) is 0 Å². The summed E-state index contributed by atoms with van der Waals surface area (Å²) in [5.74, 6) is 0.231. The summed E-state index contributed by atoms with van der Waals surface area (Å²) < 4.78 is 5.07. The molecule has 0 unspecified atom stereocenters. The molecule has 0 atom stereocenters. The average Bonchev–Trinajstić information content (AvgIpc) is 2.48. The summed E-state index contributed by atoms with van der Waals surface area (Å²) in [5.41, 5.74) is 0.923. The zero-order chi connectivity index (χ0) is 13.9. The lowest BCUT2D eigenvalue weighted by molar-refractivity contribution is -0.120. The monoisotopic (exact) mass is 271 g/mol. The van der Waals surface area contributed by atoms with E-state index in [-0.39, 0.29) is 17.5 Å². The summed E-state index contributed by atoms with van der Waals surface area (Å²) in [4.78, 5) is 23.3. The van der Waals surface area contributed by atoms with Crippen LogP contribution >= 0.6 is 0 Å². The van der Waals surface area contributed by atoms with Crippen LogP contribution < -0.4 is 10.9 Å². The highest BCUT2D eigenvalue weighted by molar-refractivity contribution is 5.94. The molecule has 0 spiro atoms. The van der Waals surface area contributed by atoms with Gasteiger partial charge >= 0.3 is 5.63 Å². The Labute approximate surface area is 116 Å². The fraction of sp³-hybridized carbons (Fsp3) is 0.375. The van der Waals surface area contributed by atoms with E-state index in [0.29, 0.717) is 5.58 Å². The second-order valence-electron chi connectivity index (χ2n) is 5.33. The highest BCUT2D eigenvalue weighted by atomic mass is 16.4. The molecule has 4 nitrogen and oxygen atoms in total. The maximum atomic E-state index is 12.2. The van der Waals surface area contributed by atoms with Gasteiger partial charge in [-0.25, -0.2) is 4.79 Å². The fourth-order valence-corrected chi connectivity index (χ4v) is 2.76. The lowest BCUT2D eigenvalue weighted by Gasteiger charge is -2.20. The number of fused-ring (bicyclic) bond motifs is 1. The molecule has 0 aliphatic heterocycles. The third kappa shape index (κ3) is 2.74. The van der Waals surface area contributed by atoms with Crippen LogP contribution in [0, 0.1) is 5.92 Å². The van der Waals surface area contributed by atoms with Crippen LogP contribution in [0.2, 0.25) is 0 Å². The second kappa shape index (κ2) is 5.49. The quantitative estimate of drug-likeness (QED) is 0.852. The topological polar surface area (TPSA) is 59.3 Å². The van der Waals surface area contributed by atoms with E-state index < -0.39 is 0 Å². The van der Waals surface area contributed by atoms with E-state index in [1.54, 1.807) is 18.2 Å². The third-order valence-corrected chi connectivity index (χ3v) is 3.86. The van der Waals surface area contributed by atoms with E-state index in [1.165, 1.54) is 12.5 Å². The first kappa shape index (κ1) is 12.9. The smallest absolute Gasteiger partial charge is 0.336 e.